The summed E-state index contributed by atoms with van der Waals surface area (Å²) in [7, 11) is 2.04. The first kappa shape index (κ1) is 12.0. The van der Waals surface area contributed by atoms with Crippen LogP contribution in [0.1, 0.15) is 29.8 Å². The van der Waals surface area contributed by atoms with E-state index in [-0.39, 0.29) is 5.69 Å². The molecule has 4 nitrogen and oxygen atoms in total. The Hall–Kier alpha value is -2.10. The number of hydrogen-bond donors (Lipinski definition) is 1. The highest BCUT2D eigenvalue weighted by molar-refractivity contribution is 5.97. The third kappa shape index (κ3) is 2.03. The molecule has 19 heavy (non-hydrogen) atoms. The smallest absolute Gasteiger partial charge is 0.354 e. The molecule has 1 aliphatic carbocycles. The maximum absolute atomic E-state index is 11.2. The molecule has 0 atom stereocenters. The summed E-state index contributed by atoms with van der Waals surface area (Å²) in [6, 6.07) is 9.91. The summed E-state index contributed by atoms with van der Waals surface area (Å²) in [4.78, 5) is 17.6. The number of benzene rings is 1. The lowest BCUT2D eigenvalue weighted by Gasteiger charge is -2.37. The van der Waals surface area contributed by atoms with E-state index in [1.807, 2.05) is 31.3 Å². The summed E-state index contributed by atoms with van der Waals surface area (Å²) < 4.78 is 0. The molecular weight excluding hydrogens is 240 g/mol. The molecule has 98 valence electrons. The van der Waals surface area contributed by atoms with Gasteiger partial charge in [0.05, 0.1) is 5.52 Å². The first-order chi connectivity index (χ1) is 9.16. The molecule has 0 unspecified atom stereocenters. The number of rotatable bonds is 3. The minimum atomic E-state index is -0.978. The zero-order chi connectivity index (χ0) is 13.4. The van der Waals surface area contributed by atoms with Crippen molar-refractivity contribution >= 4 is 22.6 Å². The van der Waals surface area contributed by atoms with Crippen molar-refractivity contribution in [2.24, 2.45) is 0 Å². The van der Waals surface area contributed by atoms with Crippen LogP contribution < -0.4 is 4.90 Å². The zero-order valence-electron chi connectivity index (χ0n) is 10.8. The van der Waals surface area contributed by atoms with Crippen molar-refractivity contribution in [3.63, 3.8) is 0 Å². The SMILES string of the molecule is CN(c1cc(C(=O)O)nc2ccccc12)C1CCC1. The zero-order valence-corrected chi connectivity index (χ0v) is 10.8. The lowest BCUT2D eigenvalue weighted by Crippen LogP contribution is -2.37. The highest BCUT2D eigenvalue weighted by Crippen LogP contribution is 2.33. The first-order valence-corrected chi connectivity index (χ1v) is 6.53. The standard InChI is InChI=1S/C15H16N2O2/c1-17(10-5-4-6-10)14-9-13(15(18)19)16-12-8-3-2-7-11(12)14/h2-3,7-10H,4-6H2,1H3,(H,18,19). The molecule has 4 heteroatoms. The van der Waals surface area contributed by atoms with Gasteiger partial charge in [-0.25, -0.2) is 9.78 Å². The van der Waals surface area contributed by atoms with Gasteiger partial charge in [0.25, 0.3) is 0 Å². The molecular formula is C15H16N2O2. The molecule has 1 aromatic carbocycles. The lowest BCUT2D eigenvalue weighted by atomic mass is 9.91. The van der Waals surface area contributed by atoms with Gasteiger partial charge in [-0.2, -0.15) is 0 Å². The topological polar surface area (TPSA) is 53.4 Å². The van der Waals surface area contributed by atoms with Gasteiger partial charge in [-0.1, -0.05) is 18.2 Å². The van der Waals surface area contributed by atoms with Crippen molar-refractivity contribution in [3.8, 4) is 0 Å². The number of aromatic nitrogens is 1. The van der Waals surface area contributed by atoms with E-state index in [9.17, 15) is 9.90 Å². The van der Waals surface area contributed by atoms with E-state index in [4.69, 9.17) is 0 Å². The number of carboxylic acid groups (broad SMARTS) is 1. The van der Waals surface area contributed by atoms with Crippen molar-refractivity contribution in [1.82, 2.24) is 4.98 Å². The van der Waals surface area contributed by atoms with Crippen LogP contribution in [0.15, 0.2) is 30.3 Å². The van der Waals surface area contributed by atoms with Gasteiger partial charge in [-0.05, 0) is 31.4 Å². The Bertz CT molecular complexity index is 635. The van der Waals surface area contributed by atoms with Crippen molar-refractivity contribution in [2.75, 3.05) is 11.9 Å². The van der Waals surface area contributed by atoms with Crippen LogP contribution in [0.5, 0.6) is 0 Å². The van der Waals surface area contributed by atoms with Crippen LogP contribution in [0, 0.1) is 0 Å². The molecule has 1 fully saturated rings. The first-order valence-electron chi connectivity index (χ1n) is 6.53. The Morgan fingerprint density at radius 2 is 2.11 bits per heavy atom. The van der Waals surface area contributed by atoms with Crippen molar-refractivity contribution in [1.29, 1.82) is 0 Å². The van der Waals surface area contributed by atoms with E-state index in [0.717, 1.165) is 16.6 Å². The second-order valence-corrected chi connectivity index (χ2v) is 5.04. The number of pyridine rings is 1. The molecule has 1 heterocycles. The fraction of sp³-hybridized carbons (Fsp3) is 0.333. The molecule has 0 saturated heterocycles. The highest BCUT2D eigenvalue weighted by atomic mass is 16.4. The molecule has 1 aliphatic rings. The van der Waals surface area contributed by atoms with E-state index in [2.05, 4.69) is 9.88 Å². The van der Waals surface area contributed by atoms with Crippen LogP contribution in [0.4, 0.5) is 5.69 Å². The van der Waals surface area contributed by atoms with Gasteiger partial charge in [-0.15, -0.1) is 0 Å². The second-order valence-electron chi connectivity index (χ2n) is 5.04. The maximum Gasteiger partial charge on any atom is 0.354 e. The number of carboxylic acids is 1. The third-order valence-corrected chi connectivity index (χ3v) is 3.92. The van der Waals surface area contributed by atoms with Gasteiger partial charge in [0.2, 0.25) is 0 Å². The Morgan fingerprint density at radius 1 is 1.37 bits per heavy atom. The van der Waals surface area contributed by atoms with Crippen LogP contribution >= 0.6 is 0 Å². The van der Waals surface area contributed by atoms with Gasteiger partial charge < -0.3 is 10.0 Å². The Morgan fingerprint density at radius 3 is 2.74 bits per heavy atom. The number of fused-ring (bicyclic) bond motifs is 1. The van der Waals surface area contributed by atoms with Gasteiger partial charge in [-0.3, -0.25) is 0 Å². The van der Waals surface area contributed by atoms with Crippen molar-refractivity contribution in [2.45, 2.75) is 25.3 Å². The maximum atomic E-state index is 11.2. The Labute approximate surface area is 111 Å². The molecule has 0 amide bonds. The minimum absolute atomic E-state index is 0.111. The quantitative estimate of drug-likeness (QED) is 0.917. The molecule has 0 spiro atoms. The largest absolute Gasteiger partial charge is 0.477 e. The third-order valence-electron chi connectivity index (χ3n) is 3.92. The lowest BCUT2D eigenvalue weighted by molar-refractivity contribution is 0.0691. The summed E-state index contributed by atoms with van der Waals surface area (Å²) in [6.45, 7) is 0. The molecule has 3 rings (SSSR count). The van der Waals surface area contributed by atoms with Gasteiger partial charge in [0.15, 0.2) is 5.69 Å². The highest BCUT2D eigenvalue weighted by Gasteiger charge is 2.24. The number of hydrogen-bond acceptors (Lipinski definition) is 3. The van der Waals surface area contributed by atoms with Crippen LogP contribution in [0.2, 0.25) is 0 Å². The number of para-hydroxylation sites is 1. The normalized spacial score (nSPS) is 15.2. The fourth-order valence-corrected chi connectivity index (χ4v) is 2.53. The van der Waals surface area contributed by atoms with E-state index < -0.39 is 5.97 Å². The second kappa shape index (κ2) is 4.53. The van der Waals surface area contributed by atoms with E-state index in [1.54, 1.807) is 6.07 Å². The van der Waals surface area contributed by atoms with Crippen molar-refractivity contribution < 1.29 is 9.90 Å². The summed E-state index contributed by atoms with van der Waals surface area (Å²) in [6.07, 6.45) is 3.61. The Kier molecular flexibility index (Phi) is 2.85. The summed E-state index contributed by atoms with van der Waals surface area (Å²) in [5.41, 5.74) is 1.82. The summed E-state index contributed by atoms with van der Waals surface area (Å²) >= 11 is 0. The summed E-state index contributed by atoms with van der Waals surface area (Å²) in [5.74, 6) is -0.978. The number of anilines is 1. The molecule has 2 aromatic rings. The molecule has 0 radical (unpaired) electrons. The molecule has 0 aliphatic heterocycles. The molecule has 1 aromatic heterocycles. The van der Waals surface area contributed by atoms with Gasteiger partial charge in [0, 0.05) is 24.2 Å². The molecule has 1 N–H and O–H groups in total. The monoisotopic (exact) mass is 256 g/mol. The number of nitrogens with zero attached hydrogens (tertiary/aromatic N) is 2. The van der Waals surface area contributed by atoms with E-state index >= 15 is 0 Å². The van der Waals surface area contributed by atoms with Crippen molar-refractivity contribution in [3.05, 3.63) is 36.0 Å². The average Bonchev–Trinajstić information content (AvgIpc) is 2.35. The minimum Gasteiger partial charge on any atom is -0.477 e. The van der Waals surface area contributed by atoms with Gasteiger partial charge >= 0.3 is 5.97 Å². The van der Waals surface area contributed by atoms with Crippen LogP contribution in [0.3, 0.4) is 0 Å². The van der Waals surface area contributed by atoms with Crippen LogP contribution in [0.25, 0.3) is 10.9 Å². The van der Waals surface area contributed by atoms with Gasteiger partial charge in [0.1, 0.15) is 0 Å². The van der Waals surface area contributed by atoms with E-state index in [0.29, 0.717) is 6.04 Å². The van der Waals surface area contributed by atoms with Crippen LogP contribution in [-0.4, -0.2) is 29.1 Å². The Balaban J connectivity index is 2.16. The molecule has 0 bridgehead atoms. The predicted octanol–water partition coefficient (Wildman–Crippen LogP) is 2.92. The summed E-state index contributed by atoms with van der Waals surface area (Å²) in [5, 5.41) is 10.2. The number of aromatic carboxylic acids is 1. The predicted molar refractivity (Wildman–Crippen MR) is 74.7 cm³/mol. The van der Waals surface area contributed by atoms with E-state index in [1.165, 1.54) is 19.3 Å². The number of carbonyl (C=O) groups is 1. The average molecular weight is 256 g/mol. The molecule has 1 saturated carbocycles. The van der Waals surface area contributed by atoms with Crippen LogP contribution in [-0.2, 0) is 0 Å². The fourth-order valence-electron chi connectivity index (χ4n) is 2.53.